The molecule has 1 aromatic heterocycles. The Labute approximate surface area is 91.6 Å². The summed E-state index contributed by atoms with van der Waals surface area (Å²) in [6, 6.07) is 1.67. The Balaban J connectivity index is 2.65. The van der Waals surface area contributed by atoms with Gasteiger partial charge in [-0.05, 0) is 34.8 Å². The van der Waals surface area contributed by atoms with Crippen molar-refractivity contribution in [1.82, 2.24) is 4.98 Å². The Bertz CT molecular complexity index is 466. The molecule has 0 spiro atoms. The second-order valence-electron chi connectivity index (χ2n) is 3.55. The van der Waals surface area contributed by atoms with Crippen LogP contribution in [0.5, 0.6) is 0 Å². The van der Waals surface area contributed by atoms with E-state index in [-0.39, 0.29) is 0 Å². The molecule has 1 saturated carbocycles. The maximum Gasteiger partial charge on any atom is 0.178 e. The van der Waals surface area contributed by atoms with E-state index in [0.717, 1.165) is 18.5 Å². The lowest BCUT2D eigenvalue weighted by Crippen LogP contribution is -2.04. The lowest BCUT2D eigenvalue weighted by atomic mass is 10.2. The molecule has 1 aromatic rings. The van der Waals surface area contributed by atoms with Gasteiger partial charge in [0.15, 0.2) is 9.84 Å². The zero-order chi connectivity index (χ0) is 10.3. The zero-order valence-electron chi connectivity index (χ0n) is 7.70. The van der Waals surface area contributed by atoms with Crippen molar-refractivity contribution in [3.63, 3.8) is 0 Å². The zero-order valence-corrected chi connectivity index (χ0v) is 10.1. The lowest BCUT2D eigenvalue weighted by Gasteiger charge is -2.07. The Morgan fingerprint density at radius 3 is 2.64 bits per heavy atom. The predicted octanol–water partition coefficient (Wildman–Crippen LogP) is 2.12. The van der Waals surface area contributed by atoms with E-state index < -0.39 is 9.84 Å². The largest absolute Gasteiger partial charge is 0.260 e. The van der Waals surface area contributed by atoms with E-state index in [1.54, 1.807) is 12.3 Å². The van der Waals surface area contributed by atoms with E-state index in [1.165, 1.54) is 6.26 Å². The first kappa shape index (κ1) is 10.1. The van der Waals surface area contributed by atoms with Crippen LogP contribution < -0.4 is 0 Å². The van der Waals surface area contributed by atoms with Crippen LogP contribution in [0.4, 0.5) is 0 Å². The maximum atomic E-state index is 11.5. The summed E-state index contributed by atoms with van der Waals surface area (Å²) in [6.45, 7) is 0. The summed E-state index contributed by atoms with van der Waals surface area (Å²) in [7, 11) is -3.18. The van der Waals surface area contributed by atoms with Gasteiger partial charge in [0.25, 0.3) is 0 Å². The van der Waals surface area contributed by atoms with E-state index in [0.29, 0.717) is 15.3 Å². The molecule has 0 N–H and O–H groups in total. The second-order valence-corrected chi connectivity index (χ2v) is 6.36. The minimum absolute atomic E-state index is 0.345. The summed E-state index contributed by atoms with van der Waals surface area (Å²) < 4.78 is 23.7. The molecule has 0 saturated heterocycles. The average Bonchev–Trinajstić information content (AvgIpc) is 2.83. The first-order valence-corrected chi connectivity index (χ1v) is 7.03. The van der Waals surface area contributed by atoms with Crippen molar-refractivity contribution in [2.75, 3.05) is 6.26 Å². The quantitative estimate of drug-likeness (QED) is 0.831. The molecule has 3 nitrogen and oxygen atoms in total. The van der Waals surface area contributed by atoms with E-state index in [9.17, 15) is 8.42 Å². The molecule has 14 heavy (non-hydrogen) atoms. The van der Waals surface area contributed by atoms with Crippen molar-refractivity contribution in [3.05, 3.63) is 22.4 Å². The van der Waals surface area contributed by atoms with Crippen LogP contribution in [-0.4, -0.2) is 19.7 Å². The van der Waals surface area contributed by atoms with Crippen molar-refractivity contribution in [2.24, 2.45) is 0 Å². The first-order valence-electron chi connectivity index (χ1n) is 4.34. The van der Waals surface area contributed by atoms with Gasteiger partial charge in [-0.2, -0.15) is 0 Å². The SMILES string of the molecule is CS(=O)(=O)c1c(Br)ccnc1C1CC1. The number of hydrogen-bond donors (Lipinski definition) is 0. The Hall–Kier alpha value is -0.420. The smallest absolute Gasteiger partial charge is 0.178 e. The van der Waals surface area contributed by atoms with Crippen molar-refractivity contribution in [1.29, 1.82) is 0 Å². The van der Waals surface area contributed by atoms with E-state index in [1.807, 2.05) is 0 Å². The van der Waals surface area contributed by atoms with Gasteiger partial charge < -0.3 is 0 Å². The number of sulfone groups is 1. The van der Waals surface area contributed by atoms with Crippen molar-refractivity contribution in [2.45, 2.75) is 23.7 Å². The van der Waals surface area contributed by atoms with Gasteiger partial charge in [0.2, 0.25) is 0 Å². The fourth-order valence-electron chi connectivity index (χ4n) is 1.45. The number of halogens is 1. The highest BCUT2D eigenvalue weighted by Crippen LogP contribution is 2.43. The molecule has 1 fully saturated rings. The van der Waals surface area contributed by atoms with Crippen LogP contribution in [0.2, 0.25) is 0 Å². The third kappa shape index (κ3) is 1.83. The van der Waals surface area contributed by atoms with Gasteiger partial charge in [-0.15, -0.1) is 0 Å². The molecule has 0 aliphatic heterocycles. The fraction of sp³-hybridized carbons (Fsp3) is 0.444. The molecule has 5 heteroatoms. The van der Waals surface area contributed by atoms with Gasteiger partial charge in [-0.3, -0.25) is 4.98 Å². The van der Waals surface area contributed by atoms with Crippen LogP contribution in [0.3, 0.4) is 0 Å². The van der Waals surface area contributed by atoms with Crippen molar-refractivity contribution in [3.8, 4) is 0 Å². The van der Waals surface area contributed by atoms with E-state index in [2.05, 4.69) is 20.9 Å². The molecule has 76 valence electrons. The fourth-order valence-corrected chi connectivity index (χ4v) is 3.68. The van der Waals surface area contributed by atoms with Gasteiger partial charge in [0.05, 0.1) is 5.69 Å². The maximum absolute atomic E-state index is 11.5. The predicted molar refractivity (Wildman–Crippen MR) is 57.0 cm³/mol. The van der Waals surface area contributed by atoms with Gasteiger partial charge in [-0.25, -0.2) is 8.42 Å². The average molecular weight is 276 g/mol. The third-order valence-corrected chi connectivity index (χ3v) is 4.31. The number of rotatable bonds is 2. The first-order chi connectivity index (χ1) is 6.50. The number of pyridine rings is 1. The number of hydrogen-bond acceptors (Lipinski definition) is 3. The minimum Gasteiger partial charge on any atom is -0.260 e. The second kappa shape index (κ2) is 3.31. The molecule has 0 atom stereocenters. The number of aromatic nitrogens is 1. The standard InChI is InChI=1S/C9H10BrNO2S/c1-14(12,13)9-7(10)4-5-11-8(9)6-2-3-6/h4-6H,2-3H2,1H3. The molecule has 2 rings (SSSR count). The molecule has 1 aliphatic carbocycles. The van der Waals surface area contributed by atoms with Crippen LogP contribution in [-0.2, 0) is 9.84 Å². The molecule has 1 heterocycles. The summed E-state index contributed by atoms with van der Waals surface area (Å²) in [4.78, 5) is 4.52. The molecular weight excluding hydrogens is 266 g/mol. The summed E-state index contributed by atoms with van der Waals surface area (Å²) in [6.07, 6.45) is 4.96. The van der Waals surface area contributed by atoms with E-state index >= 15 is 0 Å². The minimum atomic E-state index is -3.18. The molecular formula is C9H10BrNO2S. The van der Waals surface area contributed by atoms with Crippen LogP contribution in [0.15, 0.2) is 21.6 Å². The van der Waals surface area contributed by atoms with Crippen LogP contribution in [0.25, 0.3) is 0 Å². The summed E-state index contributed by atoms with van der Waals surface area (Å²) in [5, 5.41) is 0. The summed E-state index contributed by atoms with van der Waals surface area (Å²) in [5.41, 5.74) is 0.724. The highest BCUT2D eigenvalue weighted by Gasteiger charge is 2.31. The molecule has 1 aliphatic rings. The Morgan fingerprint density at radius 1 is 1.50 bits per heavy atom. The molecule has 0 amide bonds. The molecule has 0 bridgehead atoms. The van der Waals surface area contributed by atoms with Crippen molar-refractivity contribution < 1.29 is 8.42 Å². The van der Waals surface area contributed by atoms with Crippen LogP contribution >= 0.6 is 15.9 Å². The Morgan fingerprint density at radius 2 is 2.14 bits per heavy atom. The molecule has 0 unspecified atom stereocenters. The Kier molecular flexibility index (Phi) is 2.39. The van der Waals surface area contributed by atoms with Crippen molar-refractivity contribution >= 4 is 25.8 Å². The van der Waals surface area contributed by atoms with Crippen LogP contribution in [0, 0.1) is 0 Å². The summed E-state index contributed by atoms with van der Waals surface area (Å²) in [5.74, 6) is 0.345. The topological polar surface area (TPSA) is 47.0 Å². The molecule has 0 radical (unpaired) electrons. The highest BCUT2D eigenvalue weighted by molar-refractivity contribution is 9.10. The monoisotopic (exact) mass is 275 g/mol. The normalized spacial score (nSPS) is 17.0. The van der Waals surface area contributed by atoms with Crippen LogP contribution in [0.1, 0.15) is 24.5 Å². The highest BCUT2D eigenvalue weighted by atomic mass is 79.9. The lowest BCUT2D eigenvalue weighted by molar-refractivity contribution is 0.599. The molecule has 0 aromatic carbocycles. The third-order valence-electron chi connectivity index (χ3n) is 2.22. The number of nitrogens with zero attached hydrogens (tertiary/aromatic N) is 1. The van der Waals surface area contributed by atoms with Gasteiger partial charge in [-0.1, -0.05) is 0 Å². The van der Waals surface area contributed by atoms with Gasteiger partial charge in [0, 0.05) is 22.8 Å². The van der Waals surface area contributed by atoms with Gasteiger partial charge >= 0.3 is 0 Å². The summed E-state index contributed by atoms with van der Waals surface area (Å²) >= 11 is 3.26. The van der Waals surface area contributed by atoms with Gasteiger partial charge in [0.1, 0.15) is 4.90 Å². The van der Waals surface area contributed by atoms with E-state index in [4.69, 9.17) is 0 Å².